The molecule has 0 fully saturated rings. The molecule has 5 nitrogen and oxygen atoms in total. The predicted molar refractivity (Wildman–Crippen MR) is 92.5 cm³/mol. The SMILES string of the molecule is CCCCNc1nccc(C(=O)NCCCc2ccccc2)n1. The number of hydrogen-bond acceptors (Lipinski definition) is 4. The Labute approximate surface area is 137 Å². The zero-order valence-electron chi connectivity index (χ0n) is 13.6. The van der Waals surface area contributed by atoms with Crippen molar-refractivity contribution >= 4 is 11.9 Å². The largest absolute Gasteiger partial charge is 0.354 e. The summed E-state index contributed by atoms with van der Waals surface area (Å²) < 4.78 is 0. The molecule has 0 unspecified atom stereocenters. The molecule has 1 heterocycles. The number of hydrogen-bond donors (Lipinski definition) is 2. The minimum atomic E-state index is -0.154. The molecular weight excluding hydrogens is 288 g/mol. The van der Waals surface area contributed by atoms with Gasteiger partial charge in [0.1, 0.15) is 5.69 Å². The number of rotatable bonds is 9. The Bertz CT molecular complexity index is 601. The van der Waals surface area contributed by atoms with E-state index in [9.17, 15) is 4.79 Å². The highest BCUT2D eigenvalue weighted by Gasteiger charge is 2.07. The van der Waals surface area contributed by atoms with Gasteiger partial charge in [0.25, 0.3) is 5.91 Å². The van der Waals surface area contributed by atoms with Gasteiger partial charge in [-0.1, -0.05) is 43.7 Å². The van der Waals surface area contributed by atoms with Crippen LogP contribution in [-0.2, 0) is 6.42 Å². The third kappa shape index (κ3) is 6.06. The number of aromatic nitrogens is 2. The Morgan fingerprint density at radius 1 is 1.09 bits per heavy atom. The van der Waals surface area contributed by atoms with Gasteiger partial charge < -0.3 is 10.6 Å². The highest BCUT2D eigenvalue weighted by Crippen LogP contribution is 2.03. The number of aryl methyl sites for hydroxylation is 1. The van der Waals surface area contributed by atoms with E-state index in [1.165, 1.54) is 5.56 Å². The maximum absolute atomic E-state index is 12.1. The lowest BCUT2D eigenvalue weighted by atomic mass is 10.1. The maximum Gasteiger partial charge on any atom is 0.270 e. The molecule has 122 valence electrons. The summed E-state index contributed by atoms with van der Waals surface area (Å²) in [6.07, 6.45) is 5.63. The summed E-state index contributed by atoms with van der Waals surface area (Å²) in [4.78, 5) is 20.5. The Morgan fingerprint density at radius 3 is 2.70 bits per heavy atom. The van der Waals surface area contributed by atoms with Crippen LogP contribution in [0.15, 0.2) is 42.6 Å². The van der Waals surface area contributed by atoms with E-state index in [-0.39, 0.29) is 5.91 Å². The van der Waals surface area contributed by atoms with Gasteiger partial charge in [0, 0.05) is 19.3 Å². The van der Waals surface area contributed by atoms with Crippen molar-refractivity contribution in [1.82, 2.24) is 15.3 Å². The second kappa shape index (κ2) is 9.56. The van der Waals surface area contributed by atoms with E-state index in [0.29, 0.717) is 18.2 Å². The first-order valence-corrected chi connectivity index (χ1v) is 8.18. The Hall–Kier alpha value is -2.43. The predicted octanol–water partition coefficient (Wildman–Crippen LogP) is 3.05. The molecule has 23 heavy (non-hydrogen) atoms. The van der Waals surface area contributed by atoms with E-state index in [2.05, 4.69) is 39.7 Å². The molecule has 0 saturated heterocycles. The number of benzene rings is 1. The van der Waals surface area contributed by atoms with E-state index in [1.54, 1.807) is 12.3 Å². The van der Waals surface area contributed by atoms with Crippen molar-refractivity contribution in [2.24, 2.45) is 0 Å². The lowest BCUT2D eigenvalue weighted by Crippen LogP contribution is -2.26. The average molecular weight is 312 g/mol. The van der Waals surface area contributed by atoms with Gasteiger partial charge in [-0.25, -0.2) is 9.97 Å². The topological polar surface area (TPSA) is 66.9 Å². The first-order valence-electron chi connectivity index (χ1n) is 8.18. The Morgan fingerprint density at radius 2 is 1.91 bits per heavy atom. The summed E-state index contributed by atoms with van der Waals surface area (Å²) in [5, 5.41) is 6.03. The maximum atomic E-state index is 12.1. The van der Waals surface area contributed by atoms with Crippen LogP contribution in [-0.4, -0.2) is 29.0 Å². The highest BCUT2D eigenvalue weighted by molar-refractivity contribution is 5.92. The number of carbonyl (C=O) groups excluding carboxylic acids is 1. The lowest BCUT2D eigenvalue weighted by Gasteiger charge is -2.07. The van der Waals surface area contributed by atoms with E-state index in [4.69, 9.17) is 0 Å². The molecule has 0 spiro atoms. The first kappa shape index (κ1) is 16.9. The molecule has 0 bridgehead atoms. The minimum Gasteiger partial charge on any atom is -0.354 e. The van der Waals surface area contributed by atoms with Crippen molar-refractivity contribution in [3.05, 3.63) is 53.9 Å². The number of carbonyl (C=O) groups is 1. The molecule has 0 aliphatic rings. The van der Waals surface area contributed by atoms with Gasteiger partial charge in [-0.2, -0.15) is 0 Å². The Kier molecular flexibility index (Phi) is 7.04. The highest BCUT2D eigenvalue weighted by atomic mass is 16.1. The fraction of sp³-hybridized carbons (Fsp3) is 0.389. The van der Waals surface area contributed by atoms with E-state index in [0.717, 1.165) is 32.2 Å². The van der Waals surface area contributed by atoms with Crippen LogP contribution >= 0.6 is 0 Å². The Balaban J connectivity index is 1.75. The van der Waals surface area contributed by atoms with E-state index in [1.807, 2.05) is 18.2 Å². The fourth-order valence-electron chi connectivity index (χ4n) is 2.18. The quantitative estimate of drug-likeness (QED) is 0.698. The summed E-state index contributed by atoms with van der Waals surface area (Å²) in [7, 11) is 0. The van der Waals surface area contributed by atoms with Gasteiger partial charge in [-0.15, -0.1) is 0 Å². The zero-order valence-corrected chi connectivity index (χ0v) is 13.6. The van der Waals surface area contributed by atoms with Crippen molar-refractivity contribution in [3.8, 4) is 0 Å². The van der Waals surface area contributed by atoms with Crippen LogP contribution in [0.3, 0.4) is 0 Å². The van der Waals surface area contributed by atoms with Crippen LogP contribution in [0.4, 0.5) is 5.95 Å². The number of anilines is 1. The number of nitrogens with one attached hydrogen (secondary N) is 2. The third-order valence-corrected chi connectivity index (χ3v) is 3.47. The average Bonchev–Trinajstić information content (AvgIpc) is 2.60. The summed E-state index contributed by atoms with van der Waals surface area (Å²) in [5.41, 5.74) is 1.69. The monoisotopic (exact) mass is 312 g/mol. The number of nitrogens with zero attached hydrogens (tertiary/aromatic N) is 2. The van der Waals surface area contributed by atoms with Crippen molar-refractivity contribution in [2.45, 2.75) is 32.6 Å². The summed E-state index contributed by atoms with van der Waals surface area (Å²) in [6.45, 7) is 3.58. The molecule has 2 aromatic rings. The van der Waals surface area contributed by atoms with E-state index >= 15 is 0 Å². The molecule has 2 rings (SSSR count). The zero-order chi connectivity index (χ0) is 16.3. The van der Waals surface area contributed by atoms with Crippen LogP contribution in [0, 0.1) is 0 Å². The summed E-state index contributed by atoms with van der Waals surface area (Å²) >= 11 is 0. The molecule has 0 aliphatic carbocycles. The van der Waals surface area contributed by atoms with Crippen molar-refractivity contribution in [2.75, 3.05) is 18.4 Å². The third-order valence-electron chi connectivity index (χ3n) is 3.47. The van der Waals surface area contributed by atoms with Crippen LogP contribution in [0.5, 0.6) is 0 Å². The lowest BCUT2D eigenvalue weighted by molar-refractivity contribution is 0.0948. The smallest absolute Gasteiger partial charge is 0.270 e. The molecule has 0 atom stereocenters. The minimum absolute atomic E-state index is 0.154. The van der Waals surface area contributed by atoms with Crippen molar-refractivity contribution < 1.29 is 4.79 Å². The van der Waals surface area contributed by atoms with Gasteiger partial charge in [0.15, 0.2) is 0 Å². The van der Waals surface area contributed by atoms with Crippen LogP contribution < -0.4 is 10.6 Å². The normalized spacial score (nSPS) is 10.3. The van der Waals surface area contributed by atoms with Gasteiger partial charge in [0.2, 0.25) is 5.95 Å². The molecule has 0 saturated carbocycles. The summed E-state index contributed by atoms with van der Waals surface area (Å²) in [6, 6.07) is 11.9. The molecule has 1 aromatic carbocycles. The molecule has 1 aromatic heterocycles. The van der Waals surface area contributed by atoms with Gasteiger partial charge in [-0.05, 0) is 30.9 Å². The molecule has 1 amide bonds. The van der Waals surface area contributed by atoms with Gasteiger partial charge in [0.05, 0.1) is 0 Å². The van der Waals surface area contributed by atoms with Gasteiger partial charge in [-0.3, -0.25) is 4.79 Å². The number of unbranched alkanes of at least 4 members (excludes halogenated alkanes) is 1. The first-order chi connectivity index (χ1) is 11.3. The molecule has 5 heteroatoms. The van der Waals surface area contributed by atoms with E-state index < -0.39 is 0 Å². The second-order valence-corrected chi connectivity index (χ2v) is 5.39. The molecule has 0 aliphatic heterocycles. The standard InChI is InChI=1S/C18H24N4O/c1-2-3-12-20-18-21-14-11-16(22-18)17(23)19-13-7-10-15-8-5-4-6-9-15/h4-6,8-9,11,14H,2-3,7,10,12-13H2,1H3,(H,19,23)(H,20,21,22). The second-order valence-electron chi connectivity index (χ2n) is 5.39. The molecule has 0 radical (unpaired) electrons. The number of amides is 1. The van der Waals surface area contributed by atoms with Crippen LogP contribution in [0.2, 0.25) is 0 Å². The van der Waals surface area contributed by atoms with Crippen molar-refractivity contribution in [3.63, 3.8) is 0 Å². The van der Waals surface area contributed by atoms with Gasteiger partial charge >= 0.3 is 0 Å². The molecular formula is C18H24N4O. The fourth-order valence-corrected chi connectivity index (χ4v) is 2.18. The van der Waals surface area contributed by atoms with Crippen molar-refractivity contribution in [1.29, 1.82) is 0 Å². The molecule has 2 N–H and O–H groups in total. The summed E-state index contributed by atoms with van der Waals surface area (Å²) in [5.74, 6) is 0.356. The van der Waals surface area contributed by atoms with Crippen LogP contribution in [0.1, 0.15) is 42.2 Å². The van der Waals surface area contributed by atoms with Crippen LogP contribution in [0.25, 0.3) is 0 Å².